The van der Waals surface area contributed by atoms with Gasteiger partial charge < -0.3 is 0 Å². The number of Topliss-reactive ketones (excluding diaryl/α,β-unsaturated/α-hetero) is 1. The molecule has 22 heavy (non-hydrogen) atoms. The van der Waals surface area contributed by atoms with Crippen molar-refractivity contribution in [3.63, 3.8) is 0 Å². The molecule has 1 aliphatic rings. The average molecular weight is 330 g/mol. The quantitative estimate of drug-likeness (QED) is 0.800. The van der Waals surface area contributed by atoms with Crippen molar-refractivity contribution < 1.29 is 26.4 Å². The standard InChI is InChI=1S/C15H13F3O3S/c1-22(20,21)14(15(16,17)18)9-7-12(8-10-14)13(19)11-5-3-2-4-6-11/h2-9H,10H2,1H3. The highest BCUT2D eigenvalue weighted by atomic mass is 32.2. The van der Waals surface area contributed by atoms with E-state index >= 15 is 0 Å². The molecular formula is C15H13F3O3S. The van der Waals surface area contributed by atoms with Gasteiger partial charge in [0.1, 0.15) is 0 Å². The van der Waals surface area contributed by atoms with Crippen molar-refractivity contribution >= 4 is 15.6 Å². The van der Waals surface area contributed by atoms with Crippen molar-refractivity contribution in [3.05, 3.63) is 59.7 Å². The molecule has 0 aliphatic heterocycles. The van der Waals surface area contributed by atoms with Gasteiger partial charge in [0, 0.05) is 17.4 Å². The molecule has 0 bridgehead atoms. The molecule has 0 fully saturated rings. The third kappa shape index (κ3) is 2.72. The average Bonchev–Trinajstić information content (AvgIpc) is 2.45. The third-order valence-electron chi connectivity index (χ3n) is 3.60. The van der Waals surface area contributed by atoms with Crippen LogP contribution in [0.5, 0.6) is 0 Å². The fraction of sp³-hybridized carbons (Fsp3) is 0.267. The van der Waals surface area contributed by atoms with Crippen LogP contribution in [-0.4, -0.2) is 31.4 Å². The number of halogens is 3. The lowest BCUT2D eigenvalue weighted by Gasteiger charge is -2.32. The zero-order valence-electron chi connectivity index (χ0n) is 11.6. The maximum absolute atomic E-state index is 13.2. The van der Waals surface area contributed by atoms with E-state index in [1.807, 2.05) is 0 Å². The summed E-state index contributed by atoms with van der Waals surface area (Å²) >= 11 is 0. The van der Waals surface area contributed by atoms with Gasteiger partial charge in [-0.1, -0.05) is 48.6 Å². The van der Waals surface area contributed by atoms with E-state index in [2.05, 4.69) is 0 Å². The van der Waals surface area contributed by atoms with Crippen LogP contribution >= 0.6 is 0 Å². The van der Waals surface area contributed by atoms with Gasteiger partial charge in [-0.05, 0) is 6.42 Å². The number of carbonyl (C=O) groups excluding carboxylic acids is 1. The van der Waals surface area contributed by atoms with Gasteiger partial charge in [0.05, 0.1) is 0 Å². The molecule has 1 aromatic carbocycles. The van der Waals surface area contributed by atoms with E-state index in [9.17, 15) is 26.4 Å². The molecule has 0 heterocycles. The van der Waals surface area contributed by atoms with Crippen molar-refractivity contribution in [2.24, 2.45) is 0 Å². The Morgan fingerprint density at radius 2 is 1.77 bits per heavy atom. The number of carbonyl (C=O) groups is 1. The molecule has 0 N–H and O–H groups in total. The van der Waals surface area contributed by atoms with Crippen molar-refractivity contribution in [2.75, 3.05) is 6.26 Å². The molecule has 0 amide bonds. The molecule has 0 saturated heterocycles. The number of hydrogen-bond donors (Lipinski definition) is 0. The number of alkyl halides is 3. The predicted molar refractivity (Wildman–Crippen MR) is 76.2 cm³/mol. The van der Waals surface area contributed by atoms with Gasteiger partial charge in [-0.15, -0.1) is 0 Å². The molecule has 0 saturated carbocycles. The first-order valence-electron chi connectivity index (χ1n) is 6.34. The van der Waals surface area contributed by atoms with Crippen LogP contribution in [0, 0.1) is 0 Å². The van der Waals surface area contributed by atoms with Crippen LogP contribution in [-0.2, 0) is 9.84 Å². The van der Waals surface area contributed by atoms with Crippen LogP contribution in [0.1, 0.15) is 16.8 Å². The van der Waals surface area contributed by atoms with Gasteiger partial charge in [-0.3, -0.25) is 4.79 Å². The Bertz CT molecular complexity index is 746. The highest BCUT2D eigenvalue weighted by Crippen LogP contribution is 2.43. The highest BCUT2D eigenvalue weighted by molar-refractivity contribution is 7.92. The van der Waals surface area contributed by atoms with Crippen LogP contribution in [0.25, 0.3) is 0 Å². The summed E-state index contributed by atoms with van der Waals surface area (Å²) in [6, 6.07) is 8.06. The predicted octanol–water partition coefficient (Wildman–Crippen LogP) is 3.10. The van der Waals surface area contributed by atoms with E-state index in [-0.39, 0.29) is 5.57 Å². The lowest BCUT2D eigenvalue weighted by atomic mass is 9.91. The Kier molecular flexibility index (Phi) is 4.04. The Morgan fingerprint density at radius 3 is 2.18 bits per heavy atom. The lowest BCUT2D eigenvalue weighted by Crippen LogP contribution is -2.50. The Hall–Kier alpha value is -1.89. The van der Waals surface area contributed by atoms with Crippen LogP contribution in [0.2, 0.25) is 0 Å². The Labute approximate surface area is 126 Å². The van der Waals surface area contributed by atoms with Crippen molar-refractivity contribution in [3.8, 4) is 0 Å². The van der Waals surface area contributed by atoms with Gasteiger partial charge in [0.15, 0.2) is 20.4 Å². The molecule has 0 aromatic heterocycles. The van der Waals surface area contributed by atoms with Crippen molar-refractivity contribution in [1.82, 2.24) is 0 Å². The number of ketones is 1. The van der Waals surface area contributed by atoms with Crippen LogP contribution < -0.4 is 0 Å². The van der Waals surface area contributed by atoms with Crippen LogP contribution in [0.15, 0.2) is 54.1 Å². The summed E-state index contributed by atoms with van der Waals surface area (Å²) in [5.41, 5.74) is 0.381. The van der Waals surface area contributed by atoms with E-state index in [0.717, 1.165) is 12.2 Å². The minimum absolute atomic E-state index is 0.0507. The molecule has 0 spiro atoms. The molecule has 3 nitrogen and oxygen atoms in total. The van der Waals surface area contributed by atoms with Gasteiger partial charge in [-0.2, -0.15) is 13.2 Å². The molecule has 1 aliphatic carbocycles. The fourth-order valence-corrected chi connectivity index (χ4v) is 3.36. The van der Waals surface area contributed by atoms with Gasteiger partial charge in [0.25, 0.3) is 0 Å². The molecule has 118 valence electrons. The monoisotopic (exact) mass is 330 g/mol. The van der Waals surface area contributed by atoms with Gasteiger partial charge >= 0.3 is 6.18 Å². The van der Waals surface area contributed by atoms with Gasteiger partial charge in [-0.25, -0.2) is 8.42 Å². The maximum Gasteiger partial charge on any atom is 0.411 e. The summed E-state index contributed by atoms with van der Waals surface area (Å²) in [7, 11) is -4.43. The molecule has 1 aromatic rings. The molecule has 0 radical (unpaired) electrons. The zero-order chi connectivity index (χ0) is 16.6. The summed E-state index contributed by atoms with van der Waals surface area (Å²) in [6.07, 6.45) is -2.67. The smallest absolute Gasteiger partial charge is 0.289 e. The van der Waals surface area contributed by atoms with Gasteiger partial charge in [0.2, 0.25) is 0 Å². The summed E-state index contributed by atoms with van der Waals surface area (Å²) in [5, 5.41) is 0. The van der Waals surface area contributed by atoms with Crippen molar-refractivity contribution in [1.29, 1.82) is 0 Å². The van der Waals surface area contributed by atoms with E-state index in [4.69, 9.17) is 0 Å². The second-order valence-corrected chi connectivity index (χ2v) is 7.32. The first kappa shape index (κ1) is 16.5. The SMILES string of the molecule is CS(=O)(=O)C1(C(F)(F)F)C=CC(C(=O)c2ccccc2)=CC1. The zero-order valence-corrected chi connectivity index (χ0v) is 12.4. The van der Waals surface area contributed by atoms with Crippen LogP contribution in [0.4, 0.5) is 13.2 Å². The Balaban J connectivity index is 2.37. The number of allylic oxidation sites excluding steroid dienone is 3. The third-order valence-corrected chi connectivity index (χ3v) is 5.45. The summed E-state index contributed by atoms with van der Waals surface area (Å²) in [6.45, 7) is 0. The second-order valence-electron chi connectivity index (χ2n) is 5.05. The summed E-state index contributed by atoms with van der Waals surface area (Å²) in [5.74, 6) is -0.443. The minimum atomic E-state index is -4.95. The lowest BCUT2D eigenvalue weighted by molar-refractivity contribution is -0.149. The maximum atomic E-state index is 13.2. The first-order chi connectivity index (χ1) is 10.1. The fourth-order valence-electron chi connectivity index (χ4n) is 2.24. The molecule has 2 rings (SSSR count). The Morgan fingerprint density at radius 1 is 1.18 bits per heavy atom. The summed E-state index contributed by atoms with van der Waals surface area (Å²) < 4.78 is 59.9. The molecular weight excluding hydrogens is 317 g/mol. The van der Waals surface area contributed by atoms with E-state index < -0.39 is 33.0 Å². The van der Waals surface area contributed by atoms with Crippen molar-refractivity contribution in [2.45, 2.75) is 17.3 Å². The highest BCUT2D eigenvalue weighted by Gasteiger charge is 2.60. The van der Waals surface area contributed by atoms with Crippen LogP contribution in [0.3, 0.4) is 0 Å². The number of hydrogen-bond acceptors (Lipinski definition) is 3. The minimum Gasteiger partial charge on any atom is -0.289 e. The molecule has 1 unspecified atom stereocenters. The summed E-state index contributed by atoms with van der Waals surface area (Å²) in [4.78, 5) is 12.2. The number of rotatable bonds is 3. The first-order valence-corrected chi connectivity index (χ1v) is 8.23. The largest absolute Gasteiger partial charge is 0.411 e. The molecule has 1 atom stereocenters. The number of sulfone groups is 1. The normalized spacial score (nSPS) is 22.3. The topological polar surface area (TPSA) is 51.2 Å². The number of benzene rings is 1. The van der Waals surface area contributed by atoms with E-state index in [1.165, 1.54) is 0 Å². The molecule has 7 heteroatoms. The van der Waals surface area contributed by atoms with E-state index in [0.29, 0.717) is 17.9 Å². The second kappa shape index (κ2) is 5.39. The van der Waals surface area contributed by atoms with E-state index in [1.54, 1.807) is 30.3 Å².